The third-order valence-corrected chi connectivity index (χ3v) is 9.02. The monoisotopic (exact) mass is 491 g/mol. The van der Waals surface area contributed by atoms with Crippen molar-refractivity contribution in [2.45, 2.75) is 50.2 Å². The number of aliphatic hydroxyl groups is 1. The molecule has 2 saturated heterocycles. The molecule has 0 unspecified atom stereocenters. The minimum absolute atomic E-state index is 0.0172. The third-order valence-electron chi connectivity index (χ3n) is 9.02. The SMILES string of the molecule is C[C@@H]1[C@H]2C[C@@H]3N(CC[C@@]34C(=O)N(c3ccc([N+](=O)[O-])cc3)c3ccccc34)C[C@@H]2CC[C@@H]1O.O=C=O. The zero-order valence-electron chi connectivity index (χ0n) is 20.1. The Balaban J connectivity index is 0.000000848. The van der Waals surface area contributed by atoms with Gasteiger partial charge in [0, 0.05) is 30.4 Å². The van der Waals surface area contributed by atoms with E-state index in [4.69, 9.17) is 9.59 Å². The Morgan fingerprint density at radius 2 is 1.81 bits per heavy atom. The number of nitrogens with zero attached hydrogens (tertiary/aromatic N) is 3. The fourth-order valence-corrected chi connectivity index (χ4v) is 7.31. The average Bonchev–Trinajstić information content (AvgIpc) is 3.37. The normalized spacial score (nSPS) is 32.7. The molecule has 9 heteroatoms. The van der Waals surface area contributed by atoms with Crippen molar-refractivity contribution < 1.29 is 24.4 Å². The van der Waals surface area contributed by atoms with Gasteiger partial charge in [0.15, 0.2) is 0 Å². The number of para-hydroxylation sites is 1. The van der Waals surface area contributed by atoms with E-state index < -0.39 is 10.3 Å². The largest absolute Gasteiger partial charge is 0.393 e. The van der Waals surface area contributed by atoms with Gasteiger partial charge in [-0.3, -0.25) is 24.7 Å². The van der Waals surface area contributed by atoms with Gasteiger partial charge in [-0.15, -0.1) is 0 Å². The van der Waals surface area contributed by atoms with E-state index in [-0.39, 0.29) is 35.8 Å². The van der Waals surface area contributed by atoms with E-state index >= 15 is 0 Å². The molecule has 2 aromatic carbocycles. The van der Waals surface area contributed by atoms with Crippen LogP contribution in [0.15, 0.2) is 48.5 Å². The van der Waals surface area contributed by atoms with Crippen LogP contribution in [-0.4, -0.2) is 52.2 Å². The first-order chi connectivity index (χ1) is 17.3. The van der Waals surface area contributed by atoms with E-state index in [1.54, 1.807) is 17.0 Å². The number of benzene rings is 2. The zero-order chi connectivity index (χ0) is 25.6. The van der Waals surface area contributed by atoms with Crippen LogP contribution in [0.1, 0.15) is 38.2 Å². The molecule has 0 bridgehead atoms. The lowest BCUT2D eigenvalue weighted by atomic mass is 9.62. The zero-order valence-corrected chi connectivity index (χ0v) is 20.1. The standard InChI is InChI=1S/C26H29N3O4.CO2/c1-16-20-14-24-26(12-13-27(24)15-17(20)6-11-23(16)30)21-4-2-3-5-22(21)28(25(26)31)18-7-9-19(10-8-18)29(32)33;2-1-3/h2-5,7-10,16-17,20,23-24,30H,6,11-15H2,1H3;/t16-,17+,20-,23+,24+,26+;/m1./s1. The second-order valence-electron chi connectivity index (χ2n) is 10.4. The predicted molar refractivity (Wildman–Crippen MR) is 129 cm³/mol. The number of anilines is 2. The number of aliphatic hydroxyl groups excluding tert-OH is 1. The van der Waals surface area contributed by atoms with E-state index in [2.05, 4.69) is 17.9 Å². The fourth-order valence-electron chi connectivity index (χ4n) is 7.31. The maximum absolute atomic E-state index is 14.3. The fraction of sp³-hybridized carbons (Fsp3) is 0.481. The molecule has 1 aliphatic carbocycles. The van der Waals surface area contributed by atoms with Gasteiger partial charge in [-0.25, -0.2) is 0 Å². The quantitative estimate of drug-likeness (QED) is 0.505. The molecule has 3 heterocycles. The number of non-ortho nitro benzene ring substituents is 1. The molecule has 6 atom stereocenters. The highest BCUT2D eigenvalue weighted by Crippen LogP contribution is 2.57. The Morgan fingerprint density at radius 1 is 1.11 bits per heavy atom. The summed E-state index contributed by atoms with van der Waals surface area (Å²) in [5.74, 6) is 1.35. The summed E-state index contributed by atoms with van der Waals surface area (Å²) < 4.78 is 0. The summed E-state index contributed by atoms with van der Waals surface area (Å²) in [4.78, 5) is 45.5. The average molecular weight is 492 g/mol. The van der Waals surface area contributed by atoms with E-state index in [0.29, 0.717) is 17.5 Å². The molecular formula is C27H29N3O6. The number of nitro groups is 1. The third kappa shape index (κ3) is 3.58. The topological polar surface area (TPSA) is 121 Å². The summed E-state index contributed by atoms with van der Waals surface area (Å²) >= 11 is 0. The summed E-state index contributed by atoms with van der Waals surface area (Å²) in [5, 5.41) is 21.7. The molecule has 9 nitrogen and oxygen atoms in total. The van der Waals surface area contributed by atoms with Gasteiger partial charge < -0.3 is 5.11 Å². The lowest BCUT2D eigenvalue weighted by Gasteiger charge is -2.50. The summed E-state index contributed by atoms with van der Waals surface area (Å²) in [6.07, 6.45) is 3.65. The van der Waals surface area contributed by atoms with Crippen LogP contribution in [-0.2, 0) is 19.8 Å². The molecule has 0 radical (unpaired) electrons. The van der Waals surface area contributed by atoms with Crippen LogP contribution in [0.5, 0.6) is 0 Å². The van der Waals surface area contributed by atoms with Crippen LogP contribution in [0.2, 0.25) is 0 Å². The summed E-state index contributed by atoms with van der Waals surface area (Å²) in [6, 6.07) is 14.4. The van der Waals surface area contributed by atoms with Crippen LogP contribution in [0, 0.1) is 27.9 Å². The predicted octanol–water partition coefficient (Wildman–Crippen LogP) is 3.43. The molecule has 3 aliphatic heterocycles. The van der Waals surface area contributed by atoms with E-state index in [0.717, 1.165) is 50.0 Å². The number of rotatable bonds is 2. The molecule has 3 fully saturated rings. The van der Waals surface area contributed by atoms with Crippen LogP contribution < -0.4 is 4.90 Å². The van der Waals surface area contributed by atoms with E-state index in [1.165, 1.54) is 12.1 Å². The van der Waals surface area contributed by atoms with Gasteiger partial charge in [0.25, 0.3) is 5.69 Å². The highest BCUT2D eigenvalue weighted by molar-refractivity contribution is 6.13. The van der Waals surface area contributed by atoms with Crippen molar-refractivity contribution in [1.29, 1.82) is 0 Å². The lowest BCUT2D eigenvalue weighted by molar-refractivity contribution is -0.384. The molecule has 1 amide bonds. The number of hydrogen-bond acceptors (Lipinski definition) is 7. The van der Waals surface area contributed by atoms with Gasteiger partial charge in [0.1, 0.15) is 0 Å². The molecule has 0 aromatic heterocycles. The lowest BCUT2D eigenvalue weighted by Crippen LogP contribution is -2.56. The molecule has 2 aromatic rings. The minimum atomic E-state index is -0.606. The van der Waals surface area contributed by atoms with Crippen molar-refractivity contribution in [3.05, 3.63) is 64.2 Å². The van der Waals surface area contributed by atoms with Gasteiger partial charge >= 0.3 is 6.15 Å². The maximum atomic E-state index is 14.3. The Labute approximate surface area is 208 Å². The van der Waals surface area contributed by atoms with Gasteiger partial charge in [-0.1, -0.05) is 25.1 Å². The molecule has 36 heavy (non-hydrogen) atoms. The maximum Gasteiger partial charge on any atom is 0.373 e. The van der Waals surface area contributed by atoms with Crippen LogP contribution >= 0.6 is 0 Å². The molecule has 1 spiro atoms. The highest BCUT2D eigenvalue weighted by Gasteiger charge is 2.62. The van der Waals surface area contributed by atoms with Crippen LogP contribution in [0.25, 0.3) is 0 Å². The van der Waals surface area contributed by atoms with Crippen LogP contribution in [0.4, 0.5) is 17.1 Å². The number of amides is 1. The Morgan fingerprint density at radius 3 is 2.50 bits per heavy atom. The molecule has 6 rings (SSSR count). The number of carbonyl (C=O) groups excluding carboxylic acids is 3. The minimum Gasteiger partial charge on any atom is -0.393 e. The summed E-state index contributed by atoms with van der Waals surface area (Å²) in [6.45, 7) is 4.08. The second kappa shape index (κ2) is 9.24. The summed E-state index contributed by atoms with van der Waals surface area (Å²) in [5.41, 5.74) is 2.04. The van der Waals surface area contributed by atoms with Gasteiger partial charge in [-0.05, 0) is 73.7 Å². The van der Waals surface area contributed by atoms with Crippen molar-refractivity contribution in [2.24, 2.45) is 17.8 Å². The van der Waals surface area contributed by atoms with Gasteiger partial charge in [-0.2, -0.15) is 9.59 Å². The Kier molecular flexibility index (Phi) is 6.24. The molecule has 4 aliphatic rings. The Hall–Kier alpha value is -3.39. The van der Waals surface area contributed by atoms with E-state index in [9.17, 15) is 20.0 Å². The molecular weight excluding hydrogens is 462 g/mol. The van der Waals surface area contributed by atoms with Gasteiger partial charge in [0.05, 0.1) is 22.1 Å². The van der Waals surface area contributed by atoms with Crippen molar-refractivity contribution >= 4 is 29.1 Å². The van der Waals surface area contributed by atoms with Gasteiger partial charge in [0.2, 0.25) is 5.91 Å². The first-order valence-electron chi connectivity index (χ1n) is 12.4. The Bertz CT molecular complexity index is 1210. The first kappa shape index (κ1) is 24.3. The van der Waals surface area contributed by atoms with Crippen molar-refractivity contribution in [3.8, 4) is 0 Å². The van der Waals surface area contributed by atoms with E-state index in [1.807, 2.05) is 18.2 Å². The molecule has 188 valence electrons. The number of carbonyl (C=O) groups is 1. The number of fused-ring (bicyclic) bond motifs is 5. The molecule has 1 N–H and O–H groups in total. The van der Waals surface area contributed by atoms with Crippen molar-refractivity contribution in [1.82, 2.24) is 4.90 Å². The first-order valence-corrected chi connectivity index (χ1v) is 12.4. The second-order valence-corrected chi connectivity index (χ2v) is 10.4. The van der Waals surface area contributed by atoms with Crippen LogP contribution in [0.3, 0.4) is 0 Å². The molecule has 1 saturated carbocycles. The van der Waals surface area contributed by atoms with Crippen molar-refractivity contribution in [2.75, 3.05) is 18.0 Å². The van der Waals surface area contributed by atoms with Crippen molar-refractivity contribution in [3.63, 3.8) is 0 Å². The smallest absolute Gasteiger partial charge is 0.373 e. The summed E-state index contributed by atoms with van der Waals surface area (Å²) in [7, 11) is 0. The number of piperidine rings is 1. The number of hydrogen-bond donors (Lipinski definition) is 1. The number of nitro benzene ring substituents is 1. The highest BCUT2D eigenvalue weighted by atomic mass is 16.6.